The number of hydrogen-bond donors (Lipinski definition) is 3. The van der Waals surface area contributed by atoms with Crippen molar-refractivity contribution in [3.05, 3.63) is 64.7 Å². The monoisotopic (exact) mass is 391 g/mol. The highest BCUT2D eigenvalue weighted by Gasteiger charge is 2.32. The molecule has 1 aliphatic rings. The lowest BCUT2D eigenvalue weighted by Gasteiger charge is -2.27. The first-order valence-electron chi connectivity index (χ1n) is 8.83. The highest BCUT2D eigenvalue weighted by Crippen LogP contribution is 2.32. The fourth-order valence-electron chi connectivity index (χ4n) is 3.27. The summed E-state index contributed by atoms with van der Waals surface area (Å²) >= 11 is 0. The summed E-state index contributed by atoms with van der Waals surface area (Å²) < 4.78 is 39.4. The number of amides is 2. The molecule has 8 heteroatoms. The molecule has 0 saturated carbocycles. The van der Waals surface area contributed by atoms with E-state index in [4.69, 9.17) is 0 Å². The van der Waals surface area contributed by atoms with Crippen molar-refractivity contribution in [1.82, 2.24) is 10.6 Å². The number of benzene rings is 2. The van der Waals surface area contributed by atoms with Gasteiger partial charge in [-0.15, -0.1) is 0 Å². The second-order valence-corrected chi connectivity index (χ2v) is 6.64. The van der Waals surface area contributed by atoms with Crippen LogP contribution in [0.1, 0.15) is 40.0 Å². The fourth-order valence-corrected chi connectivity index (χ4v) is 3.27. The zero-order valence-corrected chi connectivity index (χ0v) is 15.2. The van der Waals surface area contributed by atoms with Gasteiger partial charge in [0.05, 0.1) is 5.56 Å². The Hall–Kier alpha value is -2.87. The van der Waals surface area contributed by atoms with E-state index in [1.165, 1.54) is 18.6 Å². The zero-order chi connectivity index (χ0) is 20.3. The molecule has 148 valence electrons. The standard InChI is InChI=1S/C20H20F3N3O2/c1-12(27)26-16-9-14(8-15(10-16)20(21,22)23)19(28)25-11-18-17-5-3-2-4-13(17)6-7-24-18/h2-5,8-10,18,24H,6-7,11H2,1H3,(H,25,28)(H,26,27). The van der Waals surface area contributed by atoms with E-state index in [-0.39, 0.29) is 23.8 Å². The van der Waals surface area contributed by atoms with Gasteiger partial charge in [0, 0.05) is 30.8 Å². The van der Waals surface area contributed by atoms with Crippen LogP contribution in [-0.4, -0.2) is 24.9 Å². The summed E-state index contributed by atoms with van der Waals surface area (Å²) in [4.78, 5) is 23.7. The Bertz CT molecular complexity index is 897. The molecule has 1 atom stereocenters. The molecule has 0 radical (unpaired) electrons. The van der Waals surface area contributed by atoms with E-state index >= 15 is 0 Å². The van der Waals surface area contributed by atoms with Gasteiger partial charge >= 0.3 is 6.18 Å². The maximum Gasteiger partial charge on any atom is 0.416 e. The summed E-state index contributed by atoms with van der Waals surface area (Å²) in [5.41, 5.74) is 1.02. The van der Waals surface area contributed by atoms with Crippen molar-refractivity contribution in [3.63, 3.8) is 0 Å². The average Bonchev–Trinajstić information content (AvgIpc) is 2.64. The Morgan fingerprint density at radius 2 is 1.93 bits per heavy atom. The van der Waals surface area contributed by atoms with Crippen LogP contribution in [0, 0.1) is 0 Å². The number of carbonyl (C=O) groups excluding carboxylic acids is 2. The second kappa shape index (κ2) is 8.02. The van der Waals surface area contributed by atoms with Gasteiger partial charge in [0.25, 0.3) is 5.91 Å². The van der Waals surface area contributed by atoms with Crippen LogP contribution in [0.25, 0.3) is 0 Å². The summed E-state index contributed by atoms with van der Waals surface area (Å²) in [6.45, 7) is 2.18. The van der Waals surface area contributed by atoms with E-state index in [0.29, 0.717) is 0 Å². The van der Waals surface area contributed by atoms with Gasteiger partial charge in [-0.05, 0) is 42.3 Å². The van der Waals surface area contributed by atoms with Crippen LogP contribution in [0.2, 0.25) is 0 Å². The van der Waals surface area contributed by atoms with Crippen LogP contribution in [0.4, 0.5) is 18.9 Å². The number of hydrogen-bond acceptors (Lipinski definition) is 3. The van der Waals surface area contributed by atoms with E-state index in [0.717, 1.165) is 30.7 Å². The summed E-state index contributed by atoms with van der Waals surface area (Å²) in [6.07, 6.45) is -3.75. The Morgan fingerprint density at radius 1 is 1.18 bits per heavy atom. The minimum atomic E-state index is -4.63. The average molecular weight is 391 g/mol. The van der Waals surface area contributed by atoms with E-state index in [9.17, 15) is 22.8 Å². The molecule has 3 rings (SSSR count). The molecular formula is C20H20F3N3O2. The van der Waals surface area contributed by atoms with Crippen molar-refractivity contribution in [2.75, 3.05) is 18.4 Å². The fraction of sp³-hybridized carbons (Fsp3) is 0.300. The van der Waals surface area contributed by atoms with E-state index < -0.39 is 23.6 Å². The molecule has 0 aliphatic carbocycles. The molecule has 0 bridgehead atoms. The zero-order valence-electron chi connectivity index (χ0n) is 15.2. The summed E-state index contributed by atoms with van der Waals surface area (Å²) in [5, 5.41) is 8.29. The molecule has 2 amide bonds. The van der Waals surface area contributed by atoms with Gasteiger partial charge < -0.3 is 16.0 Å². The summed E-state index contributed by atoms with van der Waals surface area (Å²) in [5.74, 6) is -1.16. The first kappa shape index (κ1) is 19.9. The largest absolute Gasteiger partial charge is 0.416 e. The van der Waals surface area contributed by atoms with E-state index in [1.54, 1.807) is 0 Å². The van der Waals surface area contributed by atoms with Crippen LogP contribution in [-0.2, 0) is 17.4 Å². The number of anilines is 1. The number of nitrogens with one attached hydrogen (secondary N) is 3. The molecule has 3 N–H and O–H groups in total. The van der Waals surface area contributed by atoms with Crippen molar-refractivity contribution in [2.24, 2.45) is 0 Å². The number of rotatable bonds is 4. The quantitative estimate of drug-likeness (QED) is 0.749. The molecule has 1 aliphatic heterocycles. The SMILES string of the molecule is CC(=O)Nc1cc(C(=O)NCC2NCCc3ccccc32)cc(C(F)(F)F)c1. The molecule has 28 heavy (non-hydrogen) atoms. The minimum Gasteiger partial charge on any atom is -0.350 e. The van der Waals surface area contributed by atoms with Crippen molar-refractivity contribution in [3.8, 4) is 0 Å². The maximum atomic E-state index is 13.1. The van der Waals surface area contributed by atoms with Crippen LogP contribution in [0.3, 0.4) is 0 Å². The second-order valence-electron chi connectivity index (χ2n) is 6.64. The predicted molar refractivity (Wildman–Crippen MR) is 99.0 cm³/mol. The molecule has 2 aromatic rings. The number of halogens is 3. The van der Waals surface area contributed by atoms with Gasteiger partial charge in [0.1, 0.15) is 0 Å². The molecule has 0 aromatic heterocycles. The van der Waals surface area contributed by atoms with Gasteiger partial charge in [0.15, 0.2) is 0 Å². The molecular weight excluding hydrogens is 371 g/mol. The number of fused-ring (bicyclic) bond motifs is 1. The predicted octanol–water partition coefficient (Wildman–Crippen LogP) is 3.28. The summed E-state index contributed by atoms with van der Waals surface area (Å²) in [6, 6.07) is 10.6. The van der Waals surface area contributed by atoms with E-state index in [1.807, 2.05) is 24.3 Å². The molecule has 2 aromatic carbocycles. The van der Waals surface area contributed by atoms with Crippen LogP contribution in [0.5, 0.6) is 0 Å². The van der Waals surface area contributed by atoms with E-state index in [2.05, 4.69) is 16.0 Å². The lowest BCUT2D eigenvalue weighted by Crippen LogP contribution is -2.38. The third-order valence-corrected chi connectivity index (χ3v) is 4.53. The first-order chi connectivity index (χ1) is 13.2. The van der Waals surface area contributed by atoms with Gasteiger partial charge in [0.2, 0.25) is 5.91 Å². The van der Waals surface area contributed by atoms with Crippen molar-refractivity contribution >= 4 is 17.5 Å². The van der Waals surface area contributed by atoms with Gasteiger partial charge in [-0.25, -0.2) is 0 Å². The Kier molecular flexibility index (Phi) is 5.69. The number of carbonyl (C=O) groups is 2. The molecule has 5 nitrogen and oxygen atoms in total. The Morgan fingerprint density at radius 3 is 2.64 bits per heavy atom. The topological polar surface area (TPSA) is 70.2 Å². The molecule has 0 saturated heterocycles. The minimum absolute atomic E-state index is 0.0754. The normalized spacial score (nSPS) is 16.2. The van der Waals surface area contributed by atoms with Crippen LogP contribution in [0.15, 0.2) is 42.5 Å². The van der Waals surface area contributed by atoms with Gasteiger partial charge in [-0.1, -0.05) is 24.3 Å². The first-order valence-corrected chi connectivity index (χ1v) is 8.83. The third kappa shape index (κ3) is 4.69. The van der Waals surface area contributed by atoms with Crippen molar-refractivity contribution < 1.29 is 22.8 Å². The molecule has 0 spiro atoms. The van der Waals surface area contributed by atoms with Gasteiger partial charge in [-0.2, -0.15) is 13.2 Å². The van der Waals surface area contributed by atoms with Crippen molar-refractivity contribution in [1.29, 1.82) is 0 Å². The Labute approximate surface area is 160 Å². The third-order valence-electron chi connectivity index (χ3n) is 4.53. The lowest BCUT2D eigenvalue weighted by atomic mass is 9.94. The molecule has 1 heterocycles. The lowest BCUT2D eigenvalue weighted by molar-refractivity contribution is -0.137. The molecule has 0 fully saturated rings. The highest BCUT2D eigenvalue weighted by atomic mass is 19.4. The van der Waals surface area contributed by atoms with Crippen molar-refractivity contribution in [2.45, 2.75) is 25.6 Å². The highest BCUT2D eigenvalue weighted by molar-refractivity contribution is 5.97. The van der Waals surface area contributed by atoms with Crippen LogP contribution >= 0.6 is 0 Å². The maximum absolute atomic E-state index is 13.1. The summed E-state index contributed by atoms with van der Waals surface area (Å²) in [7, 11) is 0. The van der Waals surface area contributed by atoms with Crippen LogP contribution < -0.4 is 16.0 Å². The smallest absolute Gasteiger partial charge is 0.350 e. The van der Waals surface area contributed by atoms with Gasteiger partial charge in [-0.3, -0.25) is 9.59 Å². The molecule has 1 unspecified atom stereocenters. The number of alkyl halides is 3. The Balaban J connectivity index is 1.78.